The van der Waals surface area contributed by atoms with Crippen LogP contribution in [0.25, 0.3) is 0 Å². The van der Waals surface area contributed by atoms with E-state index in [1.54, 1.807) is 0 Å². The van der Waals surface area contributed by atoms with Crippen LogP contribution in [-0.4, -0.2) is 53.5 Å². The molecule has 2 heterocycles. The van der Waals surface area contributed by atoms with Gasteiger partial charge in [-0.3, -0.25) is 13.9 Å². The number of aliphatic hydroxyl groups excluding tert-OH is 2. The van der Waals surface area contributed by atoms with Gasteiger partial charge >= 0.3 is 13.5 Å². The van der Waals surface area contributed by atoms with E-state index in [1.807, 2.05) is 0 Å². The van der Waals surface area contributed by atoms with E-state index in [0.29, 0.717) is 0 Å². The van der Waals surface area contributed by atoms with E-state index in [9.17, 15) is 24.4 Å². The molecule has 5 atom stereocenters. The van der Waals surface area contributed by atoms with Crippen molar-refractivity contribution < 1.29 is 33.8 Å². The number of phosphoric acid groups is 1. The van der Waals surface area contributed by atoms with Gasteiger partial charge in [-0.15, -0.1) is 0 Å². The summed E-state index contributed by atoms with van der Waals surface area (Å²) in [4.78, 5) is 41.6. The molecule has 1 unspecified atom stereocenters. The van der Waals surface area contributed by atoms with Gasteiger partial charge in [0.1, 0.15) is 24.4 Å². The first-order chi connectivity index (χ1) is 10.9. The molecule has 1 aromatic heterocycles. The van der Waals surface area contributed by atoms with E-state index < -0.39 is 49.6 Å². The fourth-order valence-corrected chi connectivity index (χ4v) is 3.21. The van der Waals surface area contributed by atoms with Crippen molar-refractivity contribution in [3.05, 3.63) is 32.6 Å². The van der Waals surface area contributed by atoms with Gasteiger partial charge < -0.3 is 29.3 Å². The number of phosphoric ester groups is 1. The minimum absolute atomic E-state index is 0.0722. The molecule has 1 fully saturated rings. The first-order valence-electron chi connectivity index (χ1n) is 6.96. The van der Waals surface area contributed by atoms with Crippen LogP contribution in [0, 0.1) is 0 Å². The van der Waals surface area contributed by atoms with Crippen LogP contribution >= 0.6 is 7.82 Å². The molecule has 136 valence electrons. The SMILES string of the molecule is CC(OP(=O)(O)O)[C@H]1O[C@@H](c2cn(C)c(=O)n(C)c2=O)[C@H](O)[C@@H]1O. The number of nitrogens with zero attached hydrogens (tertiary/aromatic N) is 2. The average Bonchev–Trinajstić information content (AvgIpc) is 2.75. The second-order valence-electron chi connectivity index (χ2n) is 5.65. The largest absolute Gasteiger partial charge is 0.469 e. The van der Waals surface area contributed by atoms with Gasteiger partial charge in [-0.2, -0.15) is 0 Å². The third kappa shape index (κ3) is 3.52. The lowest BCUT2D eigenvalue weighted by Crippen LogP contribution is -2.40. The molecule has 1 aliphatic heterocycles. The monoisotopic (exact) mass is 366 g/mol. The summed E-state index contributed by atoms with van der Waals surface area (Å²) >= 11 is 0. The molecule has 0 saturated carbocycles. The number of ether oxygens (including phenoxy) is 1. The van der Waals surface area contributed by atoms with Crippen LogP contribution in [0.5, 0.6) is 0 Å². The van der Waals surface area contributed by atoms with E-state index in [4.69, 9.17) is 14.5 Å². The van der Waals surface area contributed by atoms with Crippen LogP contribution in [-0.2, 0) is 27.9 Å². The van der Waals surface area contributed by atoms with Crippen molar-refractivity contribution in [1.82, 2.24) is 9.13 Å². The van der Waals surface area contributed by atoms with Gasteiger partial charge in [-0.25, -0.2) is 9.36 Å². The van der Waals surface area contributed by atoms with Crippen molar-refractivity contribution in [3.63, 3.8) is 0 Å². The summed E-state index contributed by atoms with van der Waals surface area (Å²) in [5.74, 6) is 0. The Labute approximate surface area is 135 Å². The molecular formula is C12H19N2O9P. The number of hydrogen-bond acceptors (Lipinski definition) is 7. The second-order valence-corrected chi connectivity index (χ2v) is 6.84. The van der Waals surface area contributed by atoms with E-state index in [-0.39, 0.29) is 5.56 Å². The highest BCUT2D eigenvalue weighted by Crippen LogP contribution is 2.42. The van der Waals surface area contributed by atoms with Crippen LogP contribution in [0.4, 0.5) is 0 Å². The fraction of sp³-hybridized carbons (Fsp3) is 0.667. The molecule has 0 bridgehead atoms. The lowest BCUT2D eigenvalue weighted by atomic mass is 10.0. The van der Waals surface area contributed by atoms with E-state index in [0.717, 1.165) is 9.13 Å². The van der Waals surface area contributed by atoms with Crippen molar-refractivity contribution in [2.75, 3.05) is 0 Å². The van der Waals surface area contributed by atoms with Crippen LogP contribution < -0.4 is 11.2 Å². The standard InChI is InChI=1S/C12H19N2O9P/c1-5(23-24(19,20)21)9-7(15)8(16)10(22-9)6-4-13(2)12(18)14(3)11(6)17/h4-5,7-10,15-16H,1-3H3,(H2,19,20,21)/t5?,7-,8+,9+,10-/m0/s1. The van der Waals surface area contributed by atoms with Gasteiger partial charge in [0.15, 0.2) is 0 Å². The normalized spacial score (nSPS) is 29.0. The van der Waals surface area contributed by atoms with Gasteiger partial charge in [0, 0.05) is 20.3 Å². The number of aliphatic hydroxyl groups is 2. The summed E-state index contributed by atoms with van der Waals surface area (Å²) in [6, 6.07) is 0. The predicted octanol–water partition coefficient (Wildman–Crippen LogP) is -2.26. The Morgan fingerprint density at radius 2 is 1.83 bits per heavy atom. The van der Waals surface area contributed by atoms with Crippen molar-refractivity contribution in [3.8, 4) is 0 Å². The summed E-state index contributed by atoms with van der Waals surface area (Å²) in [6.45, 7) is 1.25. The Bertz CT molecular complexity index is 782. The lowest BCUT2D eigenvalue weighted by molar-refractivity contribution is -0.0573. The topological polar surface area (TPSA) is 160 Å². The molecule has 11 nitrogen and oxygen atoms in total. The molecule has 0 amide bonds. The van der Waals surface area contributed by atoms with E-state index in [1.165, 1.54) is 27.2 Å². The third-order valence-electron chi connectivity index (χ3n) is 3.85. The molecule has 0 spiro atoms. The molecule has 1 saturated heterocycles. The number of aryl methyl sites for hydroxylation is 1. The Hall–Kier alpha value is -1.33. The molecule has 4 N–H and O–H groups in total. The minimum Gasteiger partial charge on any atom is -0.387 e. The average molecular weight is 366 g/mol. The highest BCUT2D eigenvalue weighted by Gasteiger charge is 2.48. The Morgan fingerprint density at radius 1 is 1.25 bits per heavy atom. The van der Waals surface area contributed by atoms with E-state index in [2.05, 4.69) is 4.52 Å². The number of hydrogen-bond donors (Lipinski definition) is 4. The Morgan fingerprint density at radius 3 is 2.38 bits per heavy atom. The van der Waals surface area contributed by atoms with Crippen LogP contribution in [0.3, 0.4) is 0 Å². The molecule has 0 aliphatic carbocycles. The second kappa shape index (κ2) is 6.52. The van der Waals surface area contributed by atoms with Gasteiger partial charge in [0.05, 0.1) is 11.7 Å². The molecule has 1 aromatic rings. The first kappa shape index (κ1) is 19.0. The van der Waals surface area contributed by atoms with Crippen molar-refractivity contribution >= 4 is 7.82 Å². The Kier molecular flexibility index (Phi) is 5.17. The quantitative estimate of drug-likeness (QED) is 0.431. The van der Waals surface area contributed by atoms with Gasteiger partial charge in [-0.05, 0) is 6.92 Å². The molecule has 2 rings (SSSR count). The predicted molar refractivity (Wildman–Crippen MR) is 79.1 cm³/mol. The van der Waals surface area contributed by atoms with Crippen LogP contribution in [0.15, 0.2) is 15.8 Å². The van der Waals surface area contributed by atoms with Crippen molar-refractivity contribution in [2.24, 2.45) is 14.1 Å². The number of rotatable bonds is 4. The van der Waals surface area contributed by atoms with Crippen molar-refractivity contribution in [2.45, 2.75) is 37.4 Å². The molecule has 0 radical (unpaired) electrons. The van der Waals surface area contributed by atoms with Crippen LogP contribution in [0.2, 0.25) is 0 Å². The van der Waals surface area contributed by atoms with Gasteiger partial charge in [0.2, 0.25) is 0 Å². The maximum Gasteiger partial charge on any atom is 0.469 e. The summed E-state index contributed by atoms with van der Waals surface area (Å²) in [5.41, 5.74) is -1.36. The molecule has 24 heavy (non-hydrogen) atoms. The Balaban J connectivity index is 2.36. The highest BCUT2D eigenvalue weighted by molar-refractivity contribution is 7.46. The summed E-state index contributed by atoms with van der Waals surface area (Å²) in [7, 11) is -2.17. The minimum atomic E-state index is -4.83. The maximum absolute atomic E-state index is 12.2. The zero-order valence-electron chi connectivity index (χ0n) is 13.1. The first-order valence-corrected chi connectivity index (χ1v) is 8.49. The maximum atomic E-state index is 12.2. The molecule has 12 heteroatoms. The van der Waals surface area contributed by atoms with Crippen molar-refractivity contribution in [1.29, 1.82) is 0 Å². The highest BCUT2D eigenvalue weighted by atomic mass is 31.2. The fourth-order valence-electron chi connectivity index (χ4n) is 2.66. The summed E-state index contributed by atoms with van der Waals surface area (Å²) < 4.78 is 22.7. The zero-order valence-corrected chi connectivity index (χ0v) is 14.0. The van der Waals surface area contributed by atoms with Crippen LogP contribution in [0.1, 0.15) is 18.6 Å². The summed E-state index contributed by atoms with van der Waals surface area (Å²) in [6.07, 6.45) is -5.71. The summed E-state index contributed by atoms with van der Waals surface area (Å²) in [5, 5.41) is 20.2. The van der Waals surface area contributed by atoms with Gasteiger partial charge in [-0.1, -0.05) is 0 Å². The van der Waals surface area contributed by atoms with E-state index >= 15 is 0 Å². The smallest absolute Gasteiger partial charge is 0.387 e. The molecule has 1 aliphatic rings. The zero-order chi connectivity index (χ0) is 18.4. The molecular weight excluding hydrogens is 347 g/mol. The molecule has 0 aromatic carbocycles. The lowest BCUT2D eigenvalue weighted by Gasteiger charge is -2.22. The van der Waals surface area contributed by atoms with Gasteiger partial charge in [0.25, 0.3) is 5.56 Å². The third-order valence-corrected chi connectivity index (χ3v) is 4.45. The number of aromatic nitrogens is 2.